The van der Waals surface area contributed by atoms with Crippen LogP contribution < -0.4 is 10.2 Å². The third-order valence-electron chi connectivity index (χ3n) is 8.70. The molecule has 1 unspecified atom stereocenters. The van der Waals surface area contributed by atoms with Crippen LogP contribution in [-0.4, -0.2) is 38.1 Å². The molecule has 42 heavy (non-hydrogen) atoms. The Hall–Kier alpha value is -1.51. The zero-order valence-electron chi connectivity index (χ0n) is 27.4. The molecule has 0 aromatic heterocycles. The first-order chi connectivity index (χ1) is 19.2. The number of hydrogen-bond donors (Lipinski definition) is 2. The van der Waals surface area contributed by atoms with E-state index >= 15 is 0 Å². The van der Waals surface area contributed by atoms with Gasteiger partial charge in [-0.25, -0.2) is 0 Å². The maximum Gasteiger partial charge on any atom is 0.260 e. The fraction of sp³-hybridized carbons (Fsp3) is 0.629. The van der Waals surface area contributed by atoms with Gasteiger partial charge in [-0.05, 0) is 113 Å². The van der Waals surface area contributed by atoms with Crippen molar-refractivity contribution < 1.29 is 14.3 Å². The summed E-state index contributed by atoms with van der Waals surface area (Å²) in [6.45, 7) is 21.9. The number of anilines is 1. The largest absolute Gasteiger partial charge is 0.408 e. The Balaban J connectivity index is 0.000000343. The first kappa shape index (κ1) is 33.4. The van der Waals surface area contributed by atoms with Crippen LogP contribution in [0.3, 0.4) is 0 Å². The zero-order valence-corrected chi connectivity index (χ0v) is 30.0. The number of aliphatic hydroxyl groups is 1. The van der Waals surface area contributed by atoms with E-state index in [1.54, 1.807) is 4.90 Å². The Morgan fingerprint density at radius 3 is 2.12 bits per heavy atom. The molecule has 2 heterocycles. The van der Waals surface area contributed by atoms with Crippen LogP contribution >= 0.6 is 15.9 Å². The van der Waals surface area contributed by atoms with Crippen LogP contribution in [0.4, 0.5) is 5.69 Å². The molecular formula is C35H51BrN2O3Si. The maximum atomic E-state index is 13.7. The number of rotatable bonds is 5. The smallest absolute Gasteiger partial charge is 0.260 e. The van der Waals surface area contributed by atoms with Crippen molar-refractivity contribution in [3.8, 4) is 0 Å². The summed E-state index contributed by atoms with van der Waals surface area (Å²) in [6, 6.07) is 12.0. The number of nitrogens with one attached hydrogen (secondary N) is 1. The van der Waals surface area contributed by atoms with Gasteiger partial charge in [0.1, 0.15) is 6.23 Å². The highest BCUT2D eigenvalue weighted by molar-refractivity contribution is 9.10. The number of benzene rings is 2. The van der Waals surface area contributed by atoms with Crippen molar-refractivity contribution in [3.63, 3.8) is 0 Å². The molecule has 1 amide bonds. The molecule has 2 N–H and O–H groups in total. The van der Waals surface area contributed by atoms with Gasteiger partial charge >= 0.3 is 0 Å². The molecule has 7 heteroatoms. The maximum absolute atomic E-state index is 13.7. The molecule has 5 nitrogen and oxygen atoms in total. The number of halogens is 1. The molecule has 1 saturated heterocycles. The van der Waals surface area contributed by atoms with Gasteiger partial charge < -0.3 is 14.8 Å². The lowest BCUT2D eigenvalue weighted by molar-refractivity contribution is 0.0848. The number of fused-ring (bicyclic) bond motifs is 1. The second kappa shape index (κ2) is 11.8. The molecule has 2 fully saturated rings. The van der Waals surface area contributed by atoms with Crippen LogP contribution in [0.1, 0.15) is 128 Å². The highest BCUT2D eigenvalue weighted by atomic mass is 79.9. The number of piperidine rings is 1. The summed E-state index contributed by atoms with van der Waals surface area (Å²) in [7, 11) is 0.290. The molecule has 2 aromatic carbocycles. The van der Waals surface area contributed by atoms with Crippen LogP contribution in [0, 0.1) is 0 Å². The molecule has 1 saturated carbocycles. The molecule has 0 bridgehead atoms. The Morgan fingerprint density at radius 2 is 1.60 bits per heavy atom. The number of carbonyl (C=O) groups excluding carboxylic acids is 1. The predicted molar refractivity (Wildman–Crippen MR) is 178 cm³/mol. The Bertz CT molecular complexity index is 1300. The van der Waals surface area contributed by atoms with Gasteiger partial charge in [-0.3, -0.25) is 9.69 Å². The van der Waals surface area contributed by atoms with Crippen LogP contribution in [0.15, 0.2) is 40.9 Å². The molecule has 3 aliphatic rings. The lowest BCUT2D eigenvalue weighted by Crippen LogP contribution is -2.55. The normalized spacial score (nSPS) is 22.6. The van der Waals surface area contributed by atoms with Crippen molar-refractivity contribution in [3.05, 3.63) is 63.1 Å². The van der Waals surface area contributed by atoms with Crippen LogP contribution in [0.2, 0.25) is 5.04 Å². The summed E-state index contributed by atoms with van der Waals surface area (Å²) in [6.07, 6.45) is 5.80. The molecule has 230 valence electrons. The summed E-state index contributed by atoms with van der Waals surface area (Å²) in [4.78, 5) is 15.3. The number of aliphatic hydroxyl groups excluding tert-OH is 1. The van der Waals surface area contributed by atoms with Crippen molar-refractivity contribution >= 4 is 37.3 Å². The van der Waals surface area contributed by atoms with Gasteiger partial charge in [0.25, 0.3) is 5.91 Å². The first-order valence-electron chi connectivity index (χ1n) is 15.4. The van der Waals surface area contributed by atoms with E-state index in [-0.39, 0.29) is 16.4 Å². The SMILES string of the molecule is CC(C)(C)[Si]OC(C)(C)c1c(Br)cccc1N1C(=O)c2cc(C3(C)CC3)ccc2CC1O.CC1(C)CCCC(C)(C)N1. The highest BCUT2D eigenvalue weighted by Gasteiger charge is 2.42. The van der Waals surface area contributed by atoms with Gasteiger partial charge in [-0.15, -0.1) is 0 Å². The lowest BCUT2D eigenvalue weighted by atomic mass is 9.83. The zero-order chi connectivity index (χ0) is 31.3. The lowest BCUT2D eigenvalue weighted by Gasteiger charge is -2.42. The van der Waals surface area contributed by atoms with Gasteiger partial charge in [0.15, 0.2) is 0 Å². The average Bonchev–Trinajstić information content (AvgIpc) is 3.59. The van der Waals surface area contributed by atoms with Crippen LogP contribution in [0.25, 0.3) is 0 Å². The van der Waals surface area contributed by atoms with E-state index in [1.165, 1.54) is 24.8 Å². The molecule has 2 radical (unpaired) electrons. The van der Waals surface area contributed by atoms with Crippen molar-refractivity contribution in [1.29, 1.82) is 0 Å². The van der Waals surface area contributed by atoms with Gasteiger partial charge in [0.05, 0.1) is 11.3 Å². The molecule has 1 atom stereocenters. The Labute approximate surface area is 265 Å². The van der Waals surface area contributed by atoms with E-state index in [4.69, 9.17) is 4.43 Å². The number of amides is 1. The number of hydrogen-bond acceptors (Lipinski definition) is 4. The summed E-state index contributed by atoms with van der Waals surface area (Å²) < 4.78 is 7.25. The Kier molecular flexibility index (Phi) is 9.36. The van der Waals surface area contributed by atoms with Crippen molar-refractivity contribution in [2.24, 2.45) is 0 Å². The second-order valence-electron chi connectivity index (χ2n) is 15.6. The van der Waals surface area contributed by atoms with E-state index in [2.05, 4.69) is 82.7 Å². The minimum atomic E-state index is -0.925. The Morgan fingerprint density at radius 1 is 0.976 bits per heavy atom. The van der Waals surface area contributed by atoms with Crippen LogP contribution in [0.5, 0.6) is 0 Å². The van der Waals surface area contributed by atoms with E-state index in [1.807, 2.05) is 44.2 Å². The fourth-order valence-corrected chi connectivity index (χ4v) is 7.78. The topological polar surface area (TPSA) is 61.8 Å². The molecule has 2 aliphatic heterocycles. The highest BCUT2D eigenvalue weighted by Crippen LogP contribution is 2.48. The van der Waals surface area contributed by atoms with E-state index in [0.717, 1.165) is 28.4 Å². The summed E-state index contributed by atoms with van der Waals surface area (Å²) >= 11 is 3.69. The minimum Gasteiger partial charge on any atom is -0.408 e. The molecule has 5 rings (SSSR count). The second-order valence-corrected chi connectivity index (χ2v) is 18.4. The summed E-state index contributed by atoms with van der Waals surface area (Å²) in [5.74, 6) is -0.154. The van der Waals surface area contributed by atoms with E-state index in [0.29, 0.717) is 38.5 Å². The quantitative estimate of drug-likeness (QED) is 0.318. The average molecular weight is 656 g/mol. The van der Waals surface area contributed by atoms with E-state index in [9.17, 15) is 9.90 Å². The van der Waals surface area contributed by atoms with E-state index < -0.39 is 11.8 Å². The number of carbonyl (C=O) groups is 1. The van der Waals surface area contributed by atoms with Gasteiger partial charge in [-0.2, -0.15) is 0 Å². The molecular weight excluding hydrogens is 604 g/mol. The van der Waals surface area contributed by atoms with Gasteiger partial charge in [0, 0.05) is 33.1 Å². The van der Waals surface area contributed by atoms with Crippen molar-refractivity contribution in [1.82, 2.24) is 5.32 Å². The predicted octanol–water partition coefficient (Wildman–Crippen LogP) is 8.43. The van der Waals surface area contributed by atoms with Crippen LogP contribution in [-0.2, 0) is 21.9 Å². The van der Waals surface area contributed by atoms with Crippen molar-refractivity contribution in [2.75, 3.05) is 4.90 Å². The summed E-state index contributed by atoms with van der Waals surface area (Å²) in [5.41, 5.74) is 4.64. The van der Waals surface area contributed by atoms with Gasteiger partial charge in [-0.1, -0.05) is 61.8 Å². The summed E-state index contributed by atoms with van der Waals surface area (Å²) in [5, 5.41) is 14.7. The first-order valence-corrected chi connectivity index (χ1v) is 17.1. The van der Waals surface area contributed by atoms with Crippen molar-refractivity contribution in [2.45, 2.75) is 141 Å². The third kappa shape index (κ3) is 7.76. The minimum absolute atomic E-state index is 0.0351. The standard InChI is InChI=1S/C26H32BrNO3Si.C9H19N/c1-24(2,3)32-31-25(4,5)22-19(27)8-7-9-20(22)28-21(29)14-16-10-11-17(26(6)12-13-26)15-18(16)23(28)30;1-8(2)6-5-7-9(3,4)10-8/h7-11,15,21,29H,12-14H2,1-6H3;10H,5-7H2,1-4H3. The third-order valence-corrected chi connectivity index (χ3v) is 10.6. The fourth-order valence-electron chi connectivity index (χ4n) is 6.28. The molecule has 1 aliphatic carbocycles. The molecule has 2 aromatic rings. The molecule has 0 spiro atoms. The monoisotopic (exact) mass is 654 g/mol. The van der Waals surface area contributed by atoms with Gasteiger partial charge in [0.2, 0.25) is 9.76 Å². The number of nitrogens with zero attached hydrogens (tertiary/aromatic N) is 1.